The van der Waals surface area contributed by atoms with Crippen LogP contribution in [0.1, 0.15) is 17.2 Å². The summed E-state index contributed by atoms with van der Waals surface area (Å²) in [4.78, 5) is 2.64. The Morgan fingerprint density at radius 1 is 1.33 bits per heavy atom. The predicted octanol–water partition coefficient (Wildman–Crippen LogP) is 3.00. The number of hydrogen-bond donors (Lipinski definition) is 1. The van der Waals surface area contributed by atoms with Crippen LogP contribution in [0.3, 0.4) is 0 Å². The highest BCUT2D eigenvalue weighted by Crippen LogP contribution is 2.24. The summed E-state index contributed by atoms with van der Waals surface area (Å²) in [7, 11) is 0. The van der Waals surface area contributed by atoms with Crippen molar-refractivity contribution < 1.29 is 0 Å². The quantitative estimate of drug-likeness (QED) is 0.603. The van der Waals surface area contributed by atoms with Gasteiger partial charge in [-0.1, -0.05) is 48.6 Å². The first-order chi connectivity index (χ1) is 8.61. The molecule has 1 rings (SSSR count). The van der Waals surface area contributed by atoms with Gasteiger partial charge in [-0.15, -0.1) is 13.2 Å². The zero-order chi connectivity index (χ0) is 13.5. The highest BCUT2D eigenvalue weighted by molar-refractivity contribution is 7.80. The Balaban J connectivity index is 3.15. The molecule has 1 aromatic rings. The summed E-state index contributed by atoms with van der Waals surface area (Å²) in [5.74, 6) is 0. The molecule has 1 atom stereocenters. The van der Waals surface area contributed by atoms with E-state index in [0.29, 0.717) is 4.99 Å². The third kappa shape index (κ3) is 3.52. The molecular weight excluding hydrogens is 240 g/mol. The summed E-state index contributed by atoms with van der Waals surface area (Å²) in [6.07, 6.45) is 3.71. The maximum Gasteiger partial charge on any atom is 0.0948 e. The van der Waals surface area contributed by atoms with Crippen LogP contribution in [0.2, 0.25) is 0 Å². The summed E-state index contributed by atoms with van der Waals surface area (Å²) in [5, 5.41) is 0. The second kappa shape index (κ2) is 7.09. The van der Waals surface area contributed by atoms with Gasteiger partial charge in [0.1, 0.15) is 0 Å². The SMILES string of the molecule is C=CCN(CC=C)C(C(N)=S)c1ccccc1C. The Hall–Kier alpha value is -1.45. The van der Waals surface area contributed by atoms with Crippen molar-refractivity contribution in [1.82, 2.24) is 4.90 Å². The molecule has 0 fully saturated rings. The van der Waals surface area contributed by atoms with E-state index in [4.69, 9.17) is 18.0 Å². The van der Waals surface area contributed by atoms with Gasteiger partial charge in [0.15, 0.2) is 0 Å². The number of nitrogens with zero attached hydrogens (tertiary/aromatic N) is 1. The average Bonchev–Trinajstić information content (AvgIpc) is 2.32. The predicted molar refractivity (Wildman–Crippen MR) is 82.7 cm³/mol. The third-order valence-electron chi connectivity index (χ3n) is 2.84. The van der Waals surface area contributed by atoms with Crippen molar-refractivity contribution in [2.24, 2.45) is 5.73 Å². The van der Waals surface area contributed by atoms with Crippen LogP contribution >= 0.6 is 12.2 Å². The molecule has 1 unspecified atom stereocenters. The molecule has 0 spiro atoms. The number of aryl methyl sites for hydroxylation is 1. The number of hydrogen-bond acceptors (Lipinski definition) is 2. The van der Waals surface area contributed by atoms with Crippen LogP contribution in [0.15, 0.2) is 49.6 Å². The Kier molecular flexibility index (Phi) is 5.75. The van der Waals surface area contributed by atoms with Crippen LogP contribution in [0.5, 0.6) is 0 Å². The lowest BCUT2D eigenvalue weighted by atomic mass is 9.99. The summed E-state index contributed by atoms with van der Waals surface area (Å²) in [5.41, 5.74) is 8.26. The standard InChI is InChI=1S/C15H20N2S/c1-4-10-17(11-5-2)14(15(16)18)13-9-7-6-8-12(13)3/h4-9,14H,1-2,10-11H2,3H3,(H2,16,18). The molecule has 0 saturated heterocycles. The molecule has 18 heavy (non-hydrogen) atoms. The molecule has 96 valence electrons. The minimum atomic E-state index is -0.0720. The third-order valence-corrected chi connectivity index (χ3v) is 3.07. The van der Waals surface area contributed by atoms with Crippen LogP contribution in [-0.4, -0.2) is 23.0 Å². The van der Waals surface area contributed by atoms with Crippen molar-refractivity contribution in [2.75, 3.05) is 13.1 Å². The Bertz CT molecular complexity index is 430. The molecule has 0 amide bonds. The first-order valence-corrected chi connectivity index (χ1v) is 6.33. The van der Waals surface area contributed by atoms with Crippen molar-refractivity contribution in [2.45, 2.75) is 13.0 Å². The Labute approximate surface area is 115 Å². The highest BCUT2D eigenvalue weighted by atomic mass is 32.1. The highest BCUT2D eigenvalue weighted by Gasteiger charge is 2.22. The average molecular weight is 260 g/mol. The molecule has 0 heterocycles. The van der Waals surface area contributed by atoms with E-state index >= 15 is 0 Å². The summed E-state index contributed by atoms with van der Waals surface area (Å²) >= 11 is 5.23. The van der Waals surface area contributed by atoms with E-state index < -0.39 is 0 Å². The van der Waals surface area contributed by atoms with Gasteiger partial charge in [-0.25, -0.2) is 0 Å². The minimum absolute atomic E-state index is 0.0720. The second-order valence-electron chi connectivity index (χ2n) is 4.19. The van der Waals surface area contributed by atoms with Gasteiger partial charge in [-0.2, -0.15) is 0 Å². The fraction of sp³-hybridized carbons (Fsp3) is 0.267. The van der Waals surface area contributed by atoms with Gasteiger partial charge in [0, 0.05) is 13.1 Å². The van der Waals surface area contributed by atoms with Crippen LogP contribution in [0, 0.1) is 6.92 Å². The van der Waals surface area contributed by atoms with Crippen LogP contribution < -0.4 is 5.73 Å². The van der Waals surface area contributed by atoms with Crippen LogP contribution in [0.25, 0.3) is 0 Å². The smallest absolute Gasteiger partial charge is 0.0948 e. The zero-order valence-corrected chi connectivity index (χ0v) is 11.6. The molecule has 0 aliphatic carbocycles. The monoisotopic (exact) mass is 260 g/mol. The van der Waals surface area contributed by atoms with Gasteiger partial charge >= 0.3 is 0 Å². The molecule has 0 bridgehead atoms. The maximum atomic E-state index is 5.92. The molecule has 2 nitrogen and oxygen atoms in total. The Morgan fingerprint density at radius 2 is 1.89 bits per heavy atom. The van der Waals surface area contributed by atoms with Crippen LogP contribution in [-0.2, 0) is 0 Å². The number of nitrogens with two attached hydrogens (primary N) is 1. The van der Waals surface area contributed by atoms with Crippen molar-refractivity contribution in [3.63, 3.8) is 0 Å². The second-order valence-corrected chi connectivity index (χ2v) is 4.66. The lowest BCUT2D eigenvalue weighted by molar-refractivity contribution is 0.301. The molecule has 1 aromatic carbocycles. The maximum absolute atomic E-state index is 5.92. The van der Waals surface area contributed by atoms with E-state index in [-0.39, 0.29) is 6.04 Å². The molecule has 0 aliphatic rings. The van der Waals surface area contributed by atoms with Gasteiger partial charge in [0.2, 0.25) is 0 Å². The normalized spacial score (nSPS) is 12.1. The van der Waals surface area contributed by atoms with Crippen molar-refractivity contribution in [1.29, 1.82) is 0 Å². The molecule has 0 aromatic heterocycles. The number of rotatable bonds is 7. The summed E-state index contributed by atoms with van der Waals surface area (Å²) in [6.45, 7) is 11.1. The van der Waals surface area contributed by atoms with Crippen LogP contribution in [0.4, 0.5) is 0 Å². The van der Waals surface area contributed by atoms with Gasteiger partial charge < -0.3 is 5.73 Å². The van der Waals surface area contributed by atoms with Crippen molar-refractivity contribution in [3.05, 3.63) is 60.7 Å². The van der Waals surface area contributed by atoms with E-state index in [2.05, 4.69) is 37.1 Å². The lowest BCUT2D eigenvalue weighted by Gasteiger charge is -2.30. The van der Waals surface area contributed by atoms with Crippen molar-refractivity contribution in [3.8, 4) is 0 Å². The van der Waals surface area contributed by atoms with Gasteiger partial charge in [-0.3, -0.25) is 4.90 Å². The molecule has 0 radical (unpaired) electrons. The molecular formula is C15H20N2S. The van der Waals surface area contributed by atoms with E-state index in [1.807, 2.05) is 24.3 Å². The van der Waals surface area contributed by atoms with Gasteiger partial charge in [0.25, 0.3) is 0 Å². The Morgan fingerprint density at radius 3 is 2.33 bits per heavy atom. The first kappa shape index (κ1) is 14.6. The van der Waals surface area contributed by atoms with E-state index in [0.717, 1.165) is 18.7 Å². The fourth-order valence-corrected chi connectivity index (χ4v) is 2.32. The van der Waals surface area contributed by atoms with Crippen molar-refractivity contribution >= 4 is 17.2 Å². The van der Waals surface area contributed by atoms with E-state index in [9.17, 15) is 0 Å². The zero-order valence-electron chi connectivity index (χ0n) is 10.8. The van der Waals surface area contributed by atoms with E-state index in [1.54, 1.807) is 0 Å². The molecule has 2 N–H and O–H groups in total. The largest absolute Gasteiger partial charge is 0.392 e. The molecule has 0 saturated carbocycles. The minimum Gasteiger partial charge on any atom is -0.392 e. The van der Waals surface area contributed by atoms with E-state index in [1.165, 1.54) is 5.56 Å². The number of benzene rings is 1. The fourth-order valence-electron chi connectivity index (χ4n) is 2.04. The topological polar surface area (TPSA) is 29.3 Å². The number of thiocarbonyl (C=S) groups is 1. The van der Waals surface area contributed by atoms with Gasteiger partial charge in [0.05, 0.1) is 11.0 Å². The van der Waals surface area contributed by atoms with Gasteiger partial charge in [-0.05, 0) is 18.1 Å². The molecule has 3 heteroatoms. The summed E-state index contributed by atoms with van der Waals surface area (Å²) in [6, 6.07) is 8.09. The lowest BCUT2D eigenvalue weighted by Crippen LogP contribution is -2.37. The first-order valence-electron chi connectivity index (χ1n) is 5.92. The molecule has 0 aliphatic heterocycles. The summed E-state index contributed by atoms with van der Waals surface area (Å²) < 4.78 is 0.